The van der Waals surface area contributed by atoms with E-state index < -0.39 is 6.04 Å². The Hall–Kier alpha value is -2.65. The van der Waals surface area contributed by atoms with Gasteiger partial charge < -0.3 is 25.0 Å². The molecule has 3 amide bonds. The molecule has 0 bridgehead atoms. The van der Waals surface area contributed by atoms with Crippen LogP contribution < -0.4 is 15.4 Å². The van der Waals surface area contributed by atoms with Crippen LogP contribution in [0.25, 0.3) is 0 Å². The second-order valence-electron chi connectivity index (χ2n) is 11.0. The molecular formula is C31H50N4O5. The van der Waals surface area contributed by atoms with Crippen LogP contribution in [0.3, 0.4) is 0 Å². The van der Waals surface area contributed by atoms with E-state index in [-0.39, 0.29) is 30.6 Å². The van der Waals surface area contributed by atoms with Crippen molar-refractivity contribution in [3.8, 4) is 5.75 Å². The Morgan fingerprint density at radius 3 is 2.35 bits per heavy atom. The molecule has 1 aromatic rings. The first-order chi connectivity index (χ1) is 19.5. The average molecular weight is 559 g/mol. The Labute approximate surface area is 240 Å². The number of hydrogen-bond donors (Lipinski definition) is 2. The molecule has 9 heteroatoms. The van der Waals surface area contributed by atoms with Gasteiger partial charge in [0.1, 0.15) is 11.8 Å². The van der Waals surface area contributed by atoms with Crippen molar-refractivity contribution in [2.45, 2.75) is 83.1 Å². The maximum Gasteiger partial charge on any atom is 0.255 e. The van der Waals surface area contributed by atoms with Crippen LogP contribution in [0.4, 0.5) is 0 Å². The maximum atomic E-state index is 13.3. The molecule has 9 nitrogen and oxygen atoms in total. The number of rotatable bonds is 5. The predicted octanol–water partition coefficient (Wildman–Crippen LogP) is 3.77. The molecule has 0 unspecified atom stereocenters. The van der Waals surface area contributed by atoms with Gasteiger partial charge in [-0.1, -0.05) is 57.1 Å². The predicted molar refractivity (Wildman–Crippen MR) is 157 cm³/mol. The highest BCUT2D eigenvalue weighted by atomic mass is 16.5. The highest BCUT2D eigenvalue weighted by molar-refractivity contribution is 5.99. The van der Waals surface area contributed by atoms with Crippen molar-refractivity contribution in [2.24, 2.45) is 0 Å². The third-order valence-electron chi connectivity index (χ3n) is 7.78. The molecule has 1 fully saturated rings. The van der Waals surface area contributed by atoms with Gasteiger partial charge in [-0.05, 0) is 44.4 Å². The highest BCUT2D eigenvalue weighted by Crippen LogP contribution is 2.19. The van der Waals surface area contributed by atoms with E-state index in [1.165, 1.54) is 32.1 Å². The van der Waals surface area contributed by atoms with Gasteiger partial charge in [-0.3, -0.25) is 19.3 Å². The fourth-order valence-electron chi connectivity index (χ4n) is 5.20. The van der Waals surface area contributed by atoms with Crippen LogP contribution in [0, 0.1) is 0 Å². The second-order valence-corrected chi connectivity index (χ2v) is 11.0. The Kier molecular flexibility index (Phi) is 14.9. The summed E-state index contributed by atoms with van der Waals surface area (Å²) in [5.41, 5.74) is 0.405. The van der Waals surface area contributed by atoms with E-state index in [4.69, 9.17) is 9.47 Å². The summed E-state index contributed by atoms with van der Waals surface area (Å²) in [6.45, 7) is 5.97. The first-order valence-electron chi connectivity index (χ1n) is 15.4. The number of para-hydroxylation sites is 1. The number of morpholine rings is 1. The van der Waals surface area contributed by atoms with E-state index in [0.717, 1.165) is 65.0 Å². The topological polar surface area (TPSA) is 100 Å². The number of nitrogens with one attached hydrogen (secondary N) is 2. The van der Waals surface area contributed by atoms with Crippen molar-refractivity contribution in [3.63, 3.8) is 0 Å². The summed E-state index contributed by atoms with van der Waals surface area (Å²) < 4.78 is 11.4. The van der Waals surface area contributed by atoms with Gasteiger partial charge in [0.2, 0.25) is 11.8 Å². The van der Waals surface area contributed by atoms with Crippen LogP contribution in [-0.4, -0.2) is 93.2 Å². The molecule has 0 saturated carbocycles. The van der Waals surface area contributed by atoms with E-state index in [9.17, 15) is 14.4 Å². The number of amides is 3. The zero-order chi connectivity index (χ0) is 28.4. The fourth-order valence-corrected chi connectivity index (χ4v) is 5.20. The van der Waals surface area contributed by atoms with E-state index in [1.807, 2.05) is 13.1 Å². The number of benzene rings is 1. The molecule has 1 aromatic carbocycles. The van der Waals surface area contributed by atoms with Gasteiger partial charge in [-0.2, -0.15) is 0 Å². The Bertz CT molecular complexity index is 905. The quantitative estimate of drug-likeness (QED) is 0.534. The Morgan fingerprint density at radius 1 is 0.925 bits per heavy atom. The van der Waals surface area contributed by atoms with Gasteiger partial charge in [0.15, 0.2) is 0 Å². The number of ether oxygens (including phenoxy) is 2. The molecule has 0 radical (unpaired) electrons. The number of carbonyl (C=O) groups excluding carboxylic acids is 3. The fraction of sp³-hybridized carbons (Fsp3) is 0.710. The molecule has 3 rings (SSSR count). The normalized spacial score (nSPS) is 21.8. The average Bonchev–Trinajstić information content (AvgIpc) is 2.97. The van der Waals surface area contributed by atoms with Crippen LogP contribution in [-0.2, 0) is 14.3 Å². The third kappa shape index (κ3) is 11.8. The maximum absolute atomic E-state index is 13.3. The Morgan fingerprint density at radius 2 is 1.60 bits per heavy atom. The highest BCUT2D eigenvalue weighted by Gasteiger charge is 2.24. The summed E-state index contributed by atoms with van der Waals surface area (Å²) in [5, 5.41) is 5.88. The van der Waals surface area contributed by atoms with Crippen LogP contribution in [0.2, 0.25) is 0 Å². The van der Waals surface area contributed by atoms with Gasteiger partial charge in [0.05, 0.1) is 25.4 Å². The molecule has 2 heterocycles. The van der Waals surface area contributed by atoms with E-state index >= 15 is 0 Å². The van der Waals surface area contributed by atoms with E-state index in [2.05, 4.69) is 15.5 Å². The van der Waals surface area contributed by atoms with Crippen molar-refractivity contribution < 1.29 is 23.9 Å². The molecule has 1 saturated heterocycles. The SMILES string of the molecule is CN1CCCCCCCCCCCOc2ccccc2C(=O)N[C@H](C(=O)NCCCN2CCOCC2)CCC1=O. The van der Waals surface area contributed by atoms with Crippen molar-refractivity contribution in [3.05, 3.63) is 29.8 Å². The smallest absolute Gasteiger partial charge is 0.255 e. The van der Waals surface area contributed by atoms with Crippen LogP contribution >= 0.6 is 0 Å². The molecule has 0 aliphatic carbocycles. The zero-order valence-electron chi connectivity index (χ0n) is 24.5. The standard InChI is InChI=1S/C31H50N4O5/c1-34-19-11-7-5-3-2-4-6-8-12-23-40-28-15-10-9-14-26(28)30(37)33-27(16-17-29(34)36)31(38)32-18-13-20-35-21-24-39-25-22-35/h9-10,14-15,27H,2-8,11-13,16-25H2,1H3,(H,32,38)(H,33,37)/t27-/m0/s1. The van der Waals surface area contributed by atoms with Gasteiger partial charge in [-0.15, -0.1) is 0 Å². The van der Waals surface area contributed by atoms with Crippen molar-refractivity contribution in [1.29, 1.82) is 0 Å². The molecule has 2 N–H and O–H groups in total. The second kappa shape index (κ2) is 18.7. The summed E-state index contributed by atoms with van der Waals surface area (Å²) in [7, 11) is 1.82. The van der Waals surface area contributed by atoms with Crippen LogP contribution in [0.1, 0.15) is 87.4 Å². The van der Waals surface area contributed by atoms with E-state index in [0.29, 0.717) is 31.0 Å². The number of hydrogen-bond acceptors (Lipinski definition) is 6. The lowest BCUT2D eigenvalue weighted by atomic mass is 10.1. The number of carbonyl (C=O) groups is 3. The summed E-state index contributed by atoms with van der Waals surface area (Å²) in [4.78, 5) is 43.5. The molecule has 224 valence electrons. The minimum atomic E-state index is -0.810. The summed E-state index contributed by atoms with van der Waals surface area (Å²) in [6, 6.07) is 6.35. The lowest BCUT2D eigenvalue weighted by Gasteiger charge is -2.26. The first-order valence-corrected chi connectivity index (χ1v) is 15.4. The van der Waals surface area contributed by atoms with Gasteiger partial charge >= 0.3 is 0 Å². The molecular weight excluding hydrogens is 508 g/mol. The lowest BCUT2D eigenvalue weighted by Crippen LogP contribution is -2.48. The van der Waals surface area contributed by atoms with Crippen LogP contribution in [0.5, 0.6) is 5.75 Å². The molecule has 2 aliphatic heterocycles. The van der Waals surface area contributed by atoms with Crippen molar-refractivity contribution in [1.82, 2.24) is 20.4 Å². The molecule has 2 aliphatic rings. The number of fused-ring (bicyclic) bond motifs is 1. The van der Waals surface area contributed by atoms with E-state index in [1.54, 1.807) is 23.1 Å². The van der Waals surface area contributed by atoms with Gasteiger partial charge in [-0.25, -0.2) is 0 Å². The monoisotopic (exact) mass is 558 g/mol. The Balaban J connectivity index is 1.63. The van der Waals surface area contributed by atoms with Crippen molar-refractivity contribution >= 4 is 17.7 Å². The summed E-state index contributed by atoms with van der Waals surface area (Å²) >= 11 is 0. The van der Waals surface area contributed by atoms with Crippen molar-refractivity contribution in [2.75, 3.05) is 59.6 Å². The third-order valence-corrected chi connectivity index (χ3v) is 7.78. The summed E-state index contributed by atoms with van der Waals surface area (Å²) in [5.74, 6) is -0.112. The largest absolute Gasteiger partial charge is 0.493 e. The zero-order valence-corrected chi connectivity index (χ0v) is 24.5. The van der Waals surface area contributed by atoms with Gasteiger partial charge in [0.25, 0.3) is 5.91 Å². The first kappa shape index (κ1) is 31.9. The molecule has 40 heavy (non-hydrogen) atoms. The molecule has 1 atom stereocenters. The van der Waals surface area contributed by atoms with Crippen LogP contribution in [0.15, 0.2) is 24.3 Å². The lowest BCUT2D eigenvalue weighted by molar-refractivity contribution is -0.130. The minimum Gasteiger partial charge on any atom is -0.493 e. The number of nitrogens with zero attached hydrogens (tertiary/aromatic N) is 2. The molecule has 0 aromatic heterocycles. The van der Waals surface area contributed by atoms with Gasteiger partial charge in [0, 0.05) is 39.6 Å². The minimum absolute atomic E-state index is 0.00556. The molecule has 0 spiro atoms. The summed E-state index contributed by atoms with van der Waals surface area (Å²) in [6.07, 6.45) is 11.5.